The number of urea groups is 1. The van der Waals surface area contributed by atoms with Gasteiger partial charge in [-0.1, -0.05) is 12.1 Å². The zero-order chi connectivity index (χ0) is 29.6. The van der Waals surface area contributed by atoms with E-state index in [4.69, 9.17) is 18.9 Å². The number of carbonyl (C=O) groups excluding carboxylic acids is 1. The quantitative estimate of drug-likeness (QED) is 0.214. The third-order valence-corrected chi connectivity index (χ3v) is 6.58. The van der Waals surface area contributed by atoms with Crippen LogP contribution in [-0.2, 0) is 0 Å². The van der Waals surface area contributed by atoms with Gasteiger partial charge in [0.2, 0.25) is 5.75 Å². The molecule has 2 N–H and O–H groups in total. The summed E-state index contributed by atoms with van der Waals surface area (Å²) in [4.78, 5) is 19.0. The van der Waals surface area contributed by atoms with Gasteiger partial charge in [-0.05, 0) is 63.3 Å². The fourth-order valence-electron chi connectivity index (χ4n) is 4.51. The molecule has 2 heterocycles. The third kappa shape index (κ3) is 6.80. The van der Waals surface area contributed by atoms with Gasteiger partial charge in [0.25, 0.3) is 0 Å². The minimum atomic E-state index is -0.684. The Kier molecular flexibility index (Phi) is 8.87. The Morgan fingerprint density at radius 2 is 1.76 bits per heavy atom. The molecule has 4 aromatic rings. The number of benzene rings is 3. The van der Waals surface area contributed by atoms with Crippen molar-refractivity contribution in [3.05, 3.63) is 78.0 Å². The number of nitrogens with one attached hydrogen (secondary N) is 2. The largest absolute Gasteiger partial charge is 0.489 e. The molecule has 1 atom stereocenters. The lowest BCUT2D eigenvalue weighted by Gasteiger charge is -2.23. The van der Waals surface area contributed by atoms with Crippen LogP contribution in [0.2, 0.25) is 0 Å². The van der Waals surface area contributed by atoms with Crippen LogP contribution in [0.3, 0.4) is 0 Å². The van der Waals surface area contributed by atoms with Crippen LogP contribution in [0.1, 0.15) is 24.9 Å². The molecule has 2 amide bonds. The minimum absolute atomic E-state index is 0.0531. The Morgan fingerprint density at radius 3 is 2.50 bits per heavy atom. The zero-order valence-electron chi connectivity index (χ0n) is 23.6. The molecule has 5 rings (SSSR count). The van der Waals surface area contributed by atoms with Crippen molar-refractivity contribution in [2.24, 2.45) is 0 Å². The lowest BCUT2D eigenvalue weighted by Crippen LogP contribution is -2.31. The van der Waals surface area contributed by atoms with Gasteiger partial charge < -0.3 is 34.5 Å². The van der Waals surface area contributed by atoms with Gasteiger partial charge in [0.1, 0.15) is 24.8 Å². The molecule has 1 aliphatic rings. The van der Waals surface area contributed by atoms with Crippen LogP contribution in [-0.4, -0.2) is 56.4 Å². The maximum Gasteiger partial charge on any atom is 0.319 e. The van der Waals surface area contributed by atoms with E-state index < -0.39 is 11.8 Å². The second-order valence-corrected chi connectivity index (χ2v) is 10.1. The van der Waals surface area contributed by atoms with E-state index in [0.29, 0.717) is 53.7 Å². The zero-order valence-corrected chi connectivity index (χ0v) is 23.6. The predicted octanol–water partition coefficient (Wildman–Crippen LogP) is 6.29. The molecule has 1 aliphatic heterocycles. The average Bonchev–Trinajstić information content (AvgIpc) is 2.96. The van der Waals surface area contributed by atoms with E-state index in [9.17, 15) is 9.18 Å². The molecule has 0 spiro atoms. The van der Waals surface area contributed by atoms with Crippen LogP contribution >= 0.6 is 0 Å². The SMILES string of the molecule is C[C@H](NC(=O)Nc1ccc(Oc2ccnc3cc(OCCCN(C)C)c4c(c23)OCCO4)c(F)c1)c1ccc(F)cc1. The van der Waals surface area contributed by atoms with Gasteiger partial charge in [0.15, 0.2) is 23.1 Å². The van der Waals surface area contributed by atoms with E-state index in [1.54, 1.807) is 37.4 Å². The minimum Gasteiger partial charge on any atom is -0.489 e. The summed E-state index contributed by atoms with van der Waals surface area (Å²) < 4.78 is 52.2. The van der Waals surface area contributed by atoms with E-state index >= 15 is 4.39 Å². The van der Waals surface area contributed by atoms with Crippen molar-refractivity contribution < 1.29 is 32.5 Å². The lowest BCUT2D eigenvalue weighted by atomic mass is 10.1. The number of ether oxygens (including phenoxy) is 4. The maximum absolute atomic E-state index is 15.2. The van der Waals surface area contributed by atoms with Crippen molar-refractivity contribution in [3.63, 3.8) is 0 Å². The third-order valence-electron chi connectivity index (χ3n) is 6.58. The number of carbonyl (C=O) groups is 1. The molecule has 0 radical (unpaired) electrons. The Bertz CT molecular complexity index is 1570. The number of fused-ring (bicyclic) bond motifs is 3. The first-order valence-corrected chi connectivity index (χ1v) is 13.6. The fraction of sp³-hybridized carbons (Fsp3) is 0.290. The first-order valence-electron chi connectivity index (χ1n) is 13.6. The van der Waals surface area contributed by atoms with Crippen molar-refractivity contribution >= 4 is 22.6 Å². The molecule has 1 aromatic heterocycles. The van der Waals surface area contributed by atoms with Crippen LogP contribution in [0.15, 0.2) is 60.8 Å². The molecule has 0 fully saturated rings. The van der Waals surface area contributed by atoms with Crippen LogP contribution in [0.5, 0.6) is 28.7 Å². The van der Waals surface area contributed by atoms with Gasteiger partial charge in [-0.2, -0.15) is 0 Å². The molecule has 220 valence electrons. The van der Waals surface area contributed by atoms with Gasteiger partial charge >= 0.3 is 6.03 Å². The van der Waals surface area contributed by atoms with Crippen LogP contribution in [0.4, 0.5) is 19.3 Å². The molecule has 42 heavy (non-hydrogen) atoms. The van der Waals surface area contributed by atoms with Gasteiger partial charge in [0.05, 0.1) is 23.6 Å². The molecule has 9 nitrogen and oxygen atoms in total. The lowest BCUT2D eigenvalue weighted by molar-refractivity contribution is 0.163. The Morgan fingerprint density at radius 1 is 1.00 bits per heavy atom. The summed E-state index contributed by atoms with van der Waals surface area (Å²) in [5, 5.41) is 5.88. The van der Waals surface area contributed by atoms with Crippen molar-refractivity contribution in [1.29, 1.82) is 0 Å². The number of nitrogens with zero attached hydrogens (tertiary/aromatic N) is 2. The highest BCUT2D eigenvalue weighted by Gasteiger charge is 2.25. The molecular formula is C31H32F2N4O5. The number of hydrogen-bond donors (Lipinski definition) is 2. The average molecular weight is 579 g/mol. The fourth-order valence-corrected chi connectivity index (χ4v) is 4.51. The second-order valence-electron chi connectivity index (χ2n) is 10.1. The summed E-state index contributed by atoms with van der Waals surface area (Å²) in [7, 11) is 4.00. The molecule has 3 aromatic carbocycles. The van der Waals surface area contributed by atoms with Gasteiger partial charge in [0, 0.05) is 30.6 Å². The van der Waals surface area contributed by atoms with Crippen molar-refractivity contribution in [3.8, 4) is 28.7 Å². The highest BCUT2D eigenvalue weighted by Crippen LogP contribution is 2.48. The van der Waals surface area contributed by atoms with Gasteiger partial charge in [-0.3, -0.25) is 4.98 Å². The van der Waals surface area contributed by atoms with Crippen LogP contribution in [0, 0.1) is 11.6 Å². The summed E-state index contributed by atoms with van der Waals surface area (Å²) in [6.45, 7) is 3.82. The molecule has 0 saturated heterocycles. The highest BCUT2D eigenvalue weighted by molar-refractivity contribution is 5.95. The number of rotatable bonds is 10. The topological polar surface area (TPSA) is 94.2 Å². The smallest absolute Gasteiger partial charge is 0.319 e. The number of halogens is 2. The monoisotopic (exact) mass is 578 g/mol. The van der Waals surface area contributed by atoms with Crippen LogP contribution in [0.25, 0.3) is 10.9 Å². The number of pyridine rings is 1. The highest BCUT2D eigenvalue weighted by atomic mass is 19.1. The number of anilines is 1. The molecule has 0 aliphatic carbocycles. The van der Waals surface area contributed by atoms with E-state index in [1.165, 1.54) is 24.3 Å². The Hall–Kier alpha value is -4.64. The summed E-state index contributed by atoms with van der Waals surface area (Å²) in [6, 6.07) is 12.4. The van der Waals surface area contributed by atoms with E-state index in [-0.39, 0.29) is 23.3 Å². The molecule has 0 saturated carbocycles. The molecular weight excluding hydrogens is 546 g/mol. The van der Waals surface area contributed by atoms with Crippen molar-refractivity contribution in [1.82, 2.24) is 15.2 Å². The number of aromatic nitrogens is 1. The first kappa shape index (κ1) is 28.9. The van der Waals surface area contributed by atoms with Gasteiger partial charge in [-0.25, -0.2) is 13.6 Å². The predicted molar refractivity (Wildman–Crippen MR) is 155 cm³/mol. The summed E-state index contributed by atoms with van der Waals surface area (Å²) in [5.41, 5.74) is 1.50. The molecule has 0 bridgehead atoms. The summed E-state index contributed by atoms with van der Waals surface area (Å²) >= 11 is 0. The summed E-state index contributed by atoms with van der Waals surface area (Å²) in [5.74, 6) is 0.630. The van der Waals surface area contributed by atoms with Crippen LogP contribution < -0.4 is 29.6 Å². The van der Waals surface area contributed by atoms with Crippen molar-refractivity contribution in [2.75, 3.05) is 45.8 Å². The van der Waals surface area contributed by atoms with E-state index in [0.717, 1.165) is 24.6 Å². The Balaban J connectivity index is 1.32. The maximum atomic E-state index is 15.2. The Labute approximate surface area is 242 Å². The second kappa shape index (κ2) is 12.9. The first-order chi connectivity index (χ1) is 20.3. The number of hydrogen-bond acceptors (Lipinski definition) is 7. The standard InChI is InChI=1S/C31H32F2N4O5/c1-19(20-5-7-21(32)8-6-20)35-31(38)36-22-9-10-25(23(33)17-22)42-26-11-12-34-24-18-27(39-14-4-13-37(2)3)29-30(28(24)26)41-16-15-40-29/h5-12,17-19H,4,13-16H2,1-3H3,(H2,35,36,38)/t19-/m0/s1. The van der Waals surface area contributed by atoms with Crippen molar-refractivity contribution in [2.45, 2.75) is 19.4 Å². The summed E-state index contributed by atoms with van der Waals surface area (Å²) in [6.07, 6.45) is 2.39. The number of amides is 2. The normalized spacial score (nSPS) is 13.1. The molecule has 11 heteroatoms. The van der Waals surface area contributed by atoms with E-state index in [1.807, 2.05) is 14.1 Å². The molecule has 0 unspecified atom stereocenters. The van der Waals surface area contributed by atoms with E-state index in [2.05, 4.69) is 20.5 Å². The van der Waals surface area contributed by atoms with Gasteiger partial charge in [-0.15, -0.1) is 0 Å².